The third kappa shape index (κ3) is 2.75. The molecule has 2 rings (SSSR count). The molecule has 2 heteroatoms. The van der Waals surface area contributed by atoms with Crippen LogP contribution in [0.1, 0.15) is 36.5 Å². The van der Waals surface area contributed by atoms with Crippen molar-refractivity contribution in [3.8, 4) is 0 Å². The Kier molecular flexibility index (Phi) is 4.39. The van der Waals surface area contributed by atoms with Crippen LogP contribution in [0.2, 0.25) is 0 Å². The Morgan fingerprint density at radius 3 is 2.50 bits per heavy atom. The van der Waals surface area contributed by atoms with E-state index < -0.39 is 0 Å². The van der Waals surface area contributed by atoms with Crippen LogP contribution in [0.15, 0.2) is 18.2 Å². The Labute approximate surface area is 116 Å². The van der Waals surface area contributed by atoms with E-state index >= 15 is 0 Å². The second-order valence-corrected chi connectivity index (χ2v) is 7.31. The fourth-order valence-corrected chi connectivity index (χ4v) is 4.52. The van der Waals surface area contributed by atoms with Crippen molar-refractivity contribution in [1.29, 1.82) is 0 Å². The van der Waals surface area contributed by atoms with Crippen molar-refractivity contribution in [1.82, 2.24) is 5.32 Å². The number of nitrogens with one attached hydrogen (secondary N) is 1. The molecule has 0 aliphatic carbocycles. The lowest BCUT2D eigenvalue weighted by Gasteiger charge is -2.34. The van der Waals surface area contributed by atoms with E-state index in [1.807, 2.05) is 0 Å². The zero-order valence-electron chi connectivity index (χ0n) is 12.0. The summed E-state index contributed by atoms with van der Waals surface area (Å²) in [7, 11) is 2.11. The van der Waals surface area contributed by atoms with Crippen molar-refractivity contribution in [2.45, 2.75) is 50.8 Å². The Morgan fingerprint density at radius 2 is 2.00 bits per heavy atom. The highest BCUT2D eigenvalue weighted by Crippen LogP contribution is 2.41. The molecule has 2 atom stereocenters. The average Bonchev–Trinajstić information content (AvgIpc) is 2.77. The SMILES string of the molecule is CNC(Cc1c(C)cccc1C)C1(C)CCCS1. The van der Waals surface area contributed by atoms with Crippen LogP contribution in [0.5, 0.6) is 0 Å². The van der Waals surface area contributed by atoms with Crippen LogP contribution >= 0.6 is 11.8 Å². The van der Waals surface area contributed by atoms with Gasteiger partial charge in [-0.05, 0) is 69.5 Å². The molecule has 1 aromatic carbocycles. The van der Waals surface area contributed by atoms with Gasteiger partial charge in [0, 0.05) is 10.8 Å². The first-order chi connectivity index (χ1) is 8.57. The van der Waals surface area contributed by atoms with Gasteiger partial charge in [-0.3, -0.25) is 0 Å². The minimum absolute atomic E-state index is 0.406. The van der Waals surface area contributed by atoms with Gasteiger partial charge in [0.2, 0.25) is 0 Å². The summed E-state index contributed by atoms with van der Waals surface area (Å²) < 4.78 is 0.406. The van der Waals surface area contributed by atoms with Gasteiger partial charge in [-0.25, -0.2) is 0 Å². The topological polar surface area (TPSA) is 12.0 Å². The molecule has 0 spiro atoms. The van der Waals surface area contributed by atoms with Crippen LogP contribution in [0.4, 0.5) is 0 Å². The van der Waals surface area contributed by atoms with Crippen molar-refractivity contribution in [2.75, 3.05) is 12.8 Å². The van der Waals surface area contributed by atoms with Gasteiger partial charge in [0.05, 0.1) is 0 Å². The molecule has 1 nitrogen and oxygen atoms in total. The lowest BCUT2D eigenvalue weighted by Crippen LogP contribution is -2.45. The molecule has 18 heavy (non-hydrogen) atoms. The summed E-state index contributed by atoms with van der Waals surface area (Å²) in [5.41, 5.74) is 4.40. The second-order valence-electron chi connectivity index (χ2n) is 5.68. The van der Waals surface area contributed by atoms with Crippen molar-refractivity contribution in [3.05, 3.63) is 34.9 Å². The Balaban J connectivity index is 2.20. The van der Waals surface area contributed by atoms with Crippen LogP contribution < -0.4 is 5.32 Å². The van der Waals surface area contributed by atoms with Crippen molar-refractivity contribution in [3.63, 3.8) is 0 Å². The Bertz CT molecular complexity index is 387. The van der Waals surface area contributed by atoms with Gasteiger partial charge in [0.1, 0.15) is 0 Å². The molecule has 0 aromatic heterocycles. The Hall–Kier alpha value is -0.470. The summed E-state index contributed by atoms with van der Waals surface area (Å²) in [5, 5.41) is 3.57. The monoisotopic (exact) mass is 263 g/mol. The molecule has 0 saturated carbocycles. The summed E-state index contributed by atoms with van der Waals surface area (Å²) in [4.78, 5) is 0. The smallest absolute Gasteiger partial charge is 0.0288 e. The third-order valence-corrected chi connectivity index (χ3v) is 6.03. The van der Waals surface area contributed by atoms with Gasteiger partial charge in [0.25, 0.3) is 0 Å². The molecule has 1 N–H and O–H groups in total. The first-order valence-corrected chi connectivity index (χ1v) is 7.92. The van der Waals surface area contributed by atoms with Crippen LogP contribution in [0.3, 0.4) is 0 Å². The van der Waals surface area contributed by atoms with E-state index in [2.05, 4.69) is 63.1 Å². The number of hydrogen-bond donors (Lipinski definition) is 1. The molecular formula is C16H25NS. The molecule has 1 saturated heterocycles. The first kappa shape index (κ1) is 14.0. The maximum absolute atomic E-state index is 3.57. The summed E-state index contributed by atoms with van der Waals surface area (Å²) in [5.74, 6) is 1.32. The highest BCUT2D eigenvalue weighted by atomic mass is 32.2. The highest BCUT2D eigenvalue weighted by Gasteiger charge is 2.37. The highest BCUT2D eigenvalue weighted by molar-refractivity contribution is 8.00. The van der Waals surface area contributed by atoms with E-state index in [0.29, 0.717) is 10.8 Å². The fourth-order valence-electron chi connectivity index (χ4n) is 3.07. The number of thioether (sulfide) groups is 1. The second kappa shape index (κ2) is 5.66. The van der Waals surface area contributed by atoms with E-state index in [-0.39, 0.29) is 0 Å². The fraction of sp³-hybridized carbons (Fsp3) is 0.625. The van der Waals surface area contributed by atoms with E-state index in [4.69, 9.17) is 0 Å². The van der Waals surface area contributed by atoms with Gasteiger partial charge in [-0.2, -0.15) is 11.8 Å². The molecule has 2 unspecified atom stereocenters. The molecule has 0 radical (unpaired) electrons. The van der Waals surface area contributed by atoms with E-state index in [1.54, 1.807) is 0 Å². The molecule has 0 amide bonds. The number of rotatable bonds is 4. The summed E-state index contributed by atoms with van der Waals surface area (Å²) in [6, 6.07) is 7.21. The molecule has 1 aromatic rings. The van der Waals surface area contributed by atoms with Crippen LogP contribution in [-0.2, 0) is 6.42 Å². The van der Waals surface area contributed by atoms with Gasteiger partial charge in [0.15, 0.2) is 0 Å². The standard InChI is InChI=1S/C16H25NS/c1-12-7-5-8-13(2)14(12)11-15(17-4)16(3)9-6-10-18-16/h5,7-8,15,17H,6,9-11H2,1-4H3. The number of aryl methyl sites for hydroxylation is 2. The third-order valence-electron chi connectivity index (χ3n) is 4.39. The van der Waals surface area contributed by atoms with Crippen molar-refractivity contribution < 1.29 is 0 Å². The molecule has 1 aliphatic heterocycles. The Morgan fingerprint density at radius 1 is 1.33 bits per heavy atom. The zero-order chi connectivity index (χ0) is 13.2. The number of hydrogen-bond acceptors (Lipinski definition) is 2. The predicted octanol–water partition coefficient (Wildman–Crippen LogP) is 3.72. The molecule has 1 heterocycles. The van der Waals surface area contributed by atoms with Crippen LogP contribution in [0.25, 0.3) is 0 Å². The van der Waals surface area contributed by atoms with E-state index in [9.17, 15) is 0 Å². The van der Waals surface area contributed by atoms with Gasteiger partial charge < -0.3 is 5.32 Å². The molecule has 1 fully saturated rings. The first-order valence-electron chi connectivity index (χ1n) is 6.93. The normalized spacial score (nSPS) is 25.3. The molecule has 1 aliphatic rings. The summed E-state index contributed by atoms with van der Waals surface area (Å²) in [6.45, 7) is 6.90. The van der Waals surface area contributed by atoms with Gasteiger partial charge >= 0.3 is 0 Å². The lowest BCUT2D eigenvalue weighted by molar-refractivity contribution is 0.423. The summed E-state index contributed by atoms with van der Waals surface area (Å²) >= 11 is 2.15. The lowest BCUT2D eigenvalue weighted by atomic mass is 9.88. The maximum atomic E-state index is 3.57. The van der Waals surface area contributed by atoms with Gasteiger partial charge in [-0.15, -0.1) is 0 Å². The largest absolute Gasteiger partial charge is 0.315 e. The molecule has 100 valence electrons. The van der Waals surface area contributed by atoms with E-state index in [0.717, 1.165) is 6.42 Å². The molecule has 0 bridgehead atoms. The minimum Gasteiger partial charge on any atom is -0.315 e. The van der Waals surface area contributed by atoms with Gasteiger partial charge in [-0.1, -0.05) is 18.2 Å². The van der Waals surface area contributed by atoms with Crippen LogP contribution in [-0.4, -0.2) is 23.6 Å². The minimum atomic E-state index is 0.406. The predicted molar refractivity (Wildman–Crippen MR) is 82.6 cm³/mol. The van der Waals surface area contributed by atoms with Crippen molar-refractivity contribution >= 4 is 11.8 Å². The van der Waals surface area contributed by atoms with Crippen molar-refractivity contribution in [2.24, 2.45) is 0 Å². The maximum Gasteiger partial charge on any atom is 0.0288 e. The average molecular weight is 263 g/mol. The molecular weight excluding hydrogens is 238 g/mol. The number of likely N-dealkylation sites (N-methyl/N-ethyl adjacent to an activating group) is 1. The quantitative estimate of drug-likeness (QED) is 0.888. The summed E-state index contributed by atoms with van der Waals surface area (Å²) in [6.07, 6.45) is 3.86. The van der Waals surface area contributed by atoms with Crippen LogP contribution in [0, 0.1) is 13.8 Å². The van der Waals surface area contributed by atoms with E-state index in [1.165, 1.54) is 35.3 Å². The number of benzene rings is 1. The zero-order valence-corrected chi connectivity index (χ0v) is 12.9.